The highest BCUT2D eigenvalue weighted by molar-refractivity contribution is 6.20. The van der Waals surface area contributed by atoms with Crippen molar-refractivity contribution < 1.29 is 8.94 Å². The maximum absolute atomic E-state index is 6.11. The molecule has 0 bridgehead atoms. The minimum absolute atomic E-state index is 0.197. The summed E-state index contributed by atoms with van der Waals surface area (Å²) in [6.07, 6.45) is 3.41. The lowest BCUT2D eigenvalue weighted by Gasteiger charge is -1.99. The first-order valence-electron chi connectivity index (χ1n) is 5.24. The molecule has 0 fully saturated rings. The van der Waals surface area contributed by atoms with Gasteiger partial charge in [-0.2, -0.15) is 4.98 Å². The molecule has 0 aromatic carbocycles. The van der Waals surface area contributed by atoms with E-state index in [1.165, 1.54) is 0 Å². The van der Waals surface area contributed by atoms with Gasteiger partial charge in [-0.1, -0.05) is 18.5 Å². The van der Waals surface area contributed by atoms with E-state index in [2.05, 4.69) is 17.1 Å². The second-order valence-corrected chi connectivity index (χ2v) is 4.17. The highest BCUT2D eigenvalue weighted by Gasteiger charge is 2.18. The van der Waals surface area contributed by atoms with Crippen molar-refractivity contribution in [1.82, 2.24) is 10.1 Å². The molecule has 0 amide bonds. The smallest absolute Gasteiger partial charge is 0.293 e. The highest BCUT2D eigenvalue weighted by Crippen LogP contribution is 2.27. The van der Waals surface area contributed by atoms with Crippen LogP contribution in [0.3, 0.4) is 0 Å². The van der Waals surface area contributed by atoms with E-state index >= 15 is 0 Å². The molecule has 0 aliphatic heterocycles. The Labute approximate surface area is 98.6 Å². The van der Waals surface area contributed by atoms with Crippen LogP contribution in [0.4, 0.5) is 0 Å². The second-order valence-electron chi connectivity index (χ2n) is 3.65. The fourth-order valence-electron chi connectivity index (χ4n) is 1.43. The normalized spacial score (nSPS) is 12.9. The Balaban J connectivity index is 2.23. The molecule has 1 unspecified atom stereocenters. The van der Waals surface area contributed by atoms with Gasteiger partial charge in [0, 0.05) is 5.56 Å². The molecule has 0 radical (unpaired) electrons. The molecule has 0 spiro atoms. The number of hydrogen-bond donors (Lipinski definition) is 0. The average Bonchev–Trinajstić information content (AvgIpc) is 2.86. The van der Waals surface area contributed by atoms with Gasteiger partial charge in [0.1, 0.15) is 0 Å². The molecule has 0 aliphatic rings. The van der Waals surface area contributed by atoms with E-state index < -0.39 is 0 Å². The third-order valence-electron chi connectivity index (χ3n) is 2.32. The molecule has 4 nitrogen and oxygen atoms in total. The van der Waals surface area contributed by atoms with Crippen molar-refractivity contribution in [2.75, 3.05) is 0 Å². The molecule has 16 heavy (non-hydrogen) atoms. The molecular formula is C11H13ClN2O2. The quantitative estimate of drug-likeness (QED) is 0.765. The van der Waals surface area contributed by atoms with Crippen molar-refractivity contribution in [2.45, 2.75) is 32.1 Å². The number of hydrogen-bond acceptors (Lipinski definition) is 4. The van der Waals surface area contributed by atoms with Gasteiger partial charge < -0.3 is 8.94 Å². The Morgan fingerprint density at radius 3 is 2.94 bits per heavy atom. The maximum Gasteiger partial charge on any atom is 0.293 e. The molecular weight excluding hydrogens is 228 g/mol. The van der Waals surface area contributed by atoms with Gasteiger partial charge in [-0.15, -0.1) is 11.6 Å². The molecule has 86 valence electrons. The first kappa shape index (κ1) is 11.2. The zero-order valence-corrected chi connectivity index (χ0v) is 9.99. The SMILES string of the molecule is CCCC(Cl)c1noc(-c2occc2C)n1. The summed E-state index contributed by atoms with van der Waals surface area (Å²) in [5.74, 6) is 1.52. The number of alkyl halides is 1. The molecule has 2 aromatic heterocycles. The van der Waals surface area contributed by atoms with Gasteiger partial charge in [0.25, 0.3) is 5.89 Å². The van der Waals surface area contributed by atoms with Crippen LogP contribution in [0.1, 0.15) is 36.5 Å². The fourth-order valence-corrected chi connectivity index (χ4v) is 1.74. The van der Waals surface area contributed by atoms with Crippen molar-refractivity contribution in [3.05, 3.63) is 23.7 Å². The maximum atomic E-state index is 6.11. The van der Waals surface area contributed by atoms with Crippen molar-refractivity contribution in [2.24, 2.45) is 0 Å². The molecule has 2 aromatic rings. The van der Waals surface area contributed by atoms with Crippen molar-refractivity contribution in [1.29, 1.82) is 0 Å². The highest BCUT2D eigenvalue weighted by atomic mass is 35.5. The minimum atomic E-state index is -0.197. The van der Waals surface area contributed by atoms with Gasteiger partial charge in [-0.3, -0.25) is 0 Å². The van der Waals surface area contributed by atoms with E-state index in [1.54, 1.807) is 6.26 Å². The van der Waals surface area contributed by atoms with Crippen molar-refractivity contribution in [3.8, 4) is 11.7 Å². The summed E-state index contributed by atoms with van der Waals surface area (Å²) in [7, 11) is 0. The molecule has 2 rings (SSSR count). The third-order valence-corrected chi connectivity index (χ3v) is 2.73. The van der Waals surface area contributed by atoms with Crippen LogP contribution >= 0.6 is 11.6 Å². The van der Waals surface area contributed by atoms with Crippen LogP contribution in [-0.2, 0) is 0 Å². The summed E-state index contributed by atoms with van der Waals surface area (Å²) in [6.45, 7) is 3.99. The van der Waals surface area contributed by atoms with E-state index in [1.807, 2.05) is 13.0 Å². The summed E-state index contributed by atoms with van der Waals surface area (Å²) >= 11 is 6.11. The lowest BCUT2D eigenvalue weighted by atomic mass is 10.2. The van der Waals surface area contributed by atoms with Crippen molar-refractivity contribution in [3.63, 3.8) is 0 Å². The first-order valence-corrected chi connectivity index (χ1v) is 5.68. The summed E-state index contributed by atoms with van der Waals surface area (Å²) < 4.78 is 10.4. The Morgan fingerprint density at radius 2 is 2.31 bits per heavy atom. The van der Waals surface area contributed by atoms with E-state index in [0.29, 0.717) is 17.5 Å². The van der Waals surface area contributed by atoms with Gasteiger partial charge >= 0.3 is 0 Å². The molecule has 1 atom stereocenters. The van der Waals surface area contributed by atoms with E-state index in [0.717, 1.165) is 18.4 Å². The van der Waals surface area contributed by atoms with Gasteiger partial charge in [0.2, 0.25) is 0 Å². The molecule has 0 saturated heterocycles. The number of halogens is 1. The Hall–Kier alpha value is -1.29. The topological polar surface area (TPSA) is 52.1 Å². The van der Waals surface area contributed by atoms with E-state index in [4.69, 9.17) is 20.5 Å². The average molecular weight is 241 g/mol. The lowest BCUT2D eigenvalue weighted by molar-refractivity contribution is 0.407. The zero-order chi connectivity index (χ0) is 11.5. The molecule has 0 aliphatic carbocycles. The van der Waals surface area contributed by atoms with Gasteiger partial charge in [0.15, 0.2) is 11.6 Å². The molecule has 0 saturated carbocycles. The molecule has 0 N–H and O–H groups in total. The van der Waals surface area contributed by atoms with Crippen LogP contribution in [0, 0.1) is 6.92 Å². The van der Waals surface area contributed by atoms with Crippen LogP contribution in [0.5, 0.6) is 0 Å². The summed E-state index contributed by atoms with van der Waals surface area (Å²) in [5.41, 5.74) is 0.969. The number of furan rings is 1. The Bertz CT molecular complexity index is 464. The number of aromatic nitrogens is 2. The zero-order valence-electron chi connectivity index (χ0n) is 9.24. The predicted octanol–water partition coefficient (Wildman–Crippen LogP) is 3.72. The first-order chi connectivity index (χ1) is 7.72. The van der Waals surface area contributed by atoms with Gasteiger partial charge in [-0.25, -0.2) is 0 Å². The number of aryl methyl sites for hydroxylation is 1. The monoisotopic (exact) mass is 240 g/mol. The Morgan fingerprint density at radius 1 is 1.50 bits per heavy atom. The van der Waals surface area contributed by atoms with Gasteiger partial charge in [0.05, 0.1) is 11.6 Å². The van der Waals surface area contributed by atoms with Crippen LogP contribution in [0.2, 0.25) is 0 Å². The Kier molecular flexibility index (Phi) is 3.29. The molecule has 5 heteroatoms. The lowest BCUT2D eigenvalue weighted by Crippen LogP contribution is -1.92. The summed E-state index contributed by atoms with van der Waals surface area (Å²) in [5, 5.41) is 3.66. The predicted molar refractivity (Wildman–Crippen MR) is 60.2 cm³/mol. The van der Waals surface area contributed by atoms with Crippen molar-refractivity contribution >= 4 is 11.6 Å². The van der Waals surface area contributed by atoms with E-state index in [-0.39, 0.29) is 5.38 Å². The van der Waals surface area contributed by atoms with Crippen LogP contribution in [-0.4, -0.2) is 10.1 Å². The third kappa shape index (κ3) is 2.11. The number of nitrogens with zero attached hydrogens (tertiary/aromatic N) is 2. The van der Waals surface area contributed by atoms with Crippen LogP contribution in [0.15, 0.2) is 21.3 Å². The van der Waals surface area contributed by atoms with Crippen LogP contribution < -0.4 is 0 Å². The second kappa shape index (κ2) is 4.70. The molecule has 2 heterocycles. The van der Waals surface area contributed by atoms with Gasteiger partial charge in [-0.05, 0) is 19.4 Å². The summed E-state index contributed by atoms with van der Waals surface area (Å²) in [6, 6.07) is 1.85. The van der Waals surface area contributed by atoms with Crippen LogP contribution in [0.25, 0.3) is 11.7 Å². The largest absolute Gasteiger partial charge is 0.459 e. The fraction of sp³-hybridized carbons (Fsp3) is 0.455. The standard InChI is InChI=1S/C11H13ClN2O2/c1-3-4-8(12)10-13-11(16-14-10)9-7(2)5-6-15-9/h5-6,8H,3-4H2,1-2H3. The summed E-state index contributed by atoms with van der Waals surface area (Å²) in [4.78, 5) is 4.23. The number of rotatable bonds is 4. The minimum Gasteiger partial charge on any atom is -0.459 e. The van der Waals surface area contributed by atoms with E-state index in [9.17, 15) is 0 Å².